The van der Waals surface area contributed by atoms with Crippen molar-refractivity contribution in [3.63, 3.8) is 0 Å². The number of nitrogens with zero attached hydrogens (tertiary/aromatic N) is 2. The van der Waals surface area contributed by atoms with E-state index in [1.807, 2.05) is 30.3 Å². The molecule has 0 radical (unpaired) electrons. The second kappa shape index (κ2) is 6.48. The lowest BCUT2D eigenvalue weighted by atomic mass is 10.3. The normalized spacial score (nSPS) is 19.3. The summed E-state index contributed by atoms with van der Waals surface area (Å²) in [5, 5.41) is 7.74. The lowest BCUT2D eigenvalue weighted by Gasteiger charge is -2.10. The van der Waals surface area contributed by atoms with Gasteiger partial charge >= 0.3 is 0 Å². The number of anilines is 2. The van der Waals surface area contributed by atoms with Gasteiger partial charge in [0.15, 0.2) is 9.84 Å². The smallest absolute Gasteiger partial charge is 0.221 e. The zero-order valence-corrected chi connectivity index (χ0v) is 14.7. The van der Waals surface area contributed by atoms with E-state index >= 15 is 0 Å². The van der Waals surface area contributed by atoms with Crippen LogP contribution in [0.1, 0.15) is 19.4 Å². The predicted octanol–water partition coefficient (Wildman–Crippen LogP) is 1.93. The van der Waals surface area contributed by atoms with Crippen LogP contribution in [0, 0.1) is 0 Å². The van der Waals surface area contributed by atoms with Gasteiger partial charge in [-0.1, -0.05) is 30.0 Å². The molecule has 1 atom stereocenters. The molecule has 1 aliphatic heterocycles. The number of rotatable bonds is 4. The Labute approximate surface area is 144 Å². The first-order valence-corrected chi connectivity index (χ1v) is 10.1. The summed E-state index contributed by atoms with van der Waals surface area (Å²) in [6.45, 7) is 1.40. The van der Waals surface area contributed by atoms with Crippen LogP contribution >= 0.6 is 11.8 Å². The maximum Gasteiger partial charge on any atom is 0.221 e. The number of nitrogens with one attached hydrogen (secondary N) is 1. The molecule has 0 spiro atoms. The van der Waals surface area contributed by atoms with E-state index in [1.165, 1.54) is 23.4 Å². The SMILES string of the molecule is CC(=O)Nc1c(Sc2ccccc2)nn(C2CCS(=O)(=O)C2)c1N. The van der Waals surface area contributed by atoms with Gasteiger partial charge in [0, 0.05) is 11.8 Å². The Hall–Kier alpha value is -2.00. The summed E-state index contributed by atoms with van der Waals surface area (Å²) in [5.41, 5.74) is 6.58. The van der Waals surface area contributed by atoms with Gasteiger partial charge < -0.3 is 11.1 Å². The van der Waals surface area contributed by atoms with Crippen molar-refractivity contribution in [1.29, 1.82) is 0 Å². The van der Waals surface area contributed by atoms with E-state index in [0.29, 0.717) is 17.1 Å². The molecular weight excluding hydrogens is 348 g/mol. The van der Waals surface area contributed by atoms with Gasteiger partial charge in [-0.15, -0.1) is 0 Å². The van der Waals surface area contributed by atoms with Crippen molar-refractivity contribution in [3.8, 4) is 0 Å². The van der Waals surface area contributed by atoms with E-state index in [-0.39, 0.29) is 29.3 Å². The molecule has 1 saturated heterocycles. The highest BCUT2D eigenvalue weighted by Gasteiger charge is 2.32. The Kier molecular flexibility index (Phi) is 4.55. The highest BCUT2D eigenvalue weighted by Crippen LogP contribution is 2.39. The number of carbonyl (C=O) groups excluding carboxylic acids is 1. The van der Waals surface area contributed by atoms with Crippen LogP contribution in [-0.2, 0) is 14.6 Å². The molecule has 7 nitrogen and oxygen atoms in total. The molecular formula is C15H18N4O3S2. The van der Waals surface area contributed by atoms with E-state index in [0.717, 1.165) is 4.90 Å². The number of sulfone groups is 1. The molecule has 0 saturated carbocycles. The van der Waals surface area contributed by atoms with Gasteiger partial charge in [-0.3, -0.25) is 4.79 Å². The second-order valence-electron chi connectivity index (χ2n) is 5.66. The van der Waals surface area contributed by atoms with Crippen LogP contribution in [0.25, 0.3) is 0 Å². The number of hydrogen-bond acceptors (Lipinski definition) is 6. The van der Waals surface area contributed by atoms with Crippen LogP contribution in [0.2, 0.25) is 0 Å². The van der Waals surface area contributed by atoms with Crippen LogP contribution in [0.3, 0.4) is 0 Å². The summed E-state index contributed by atoms with van der Waals surface area (Å²) in [6.07, 6.45) is 0.475. The number of nitrogens with two attached hydrogens (primary N) is 1. The Morgan fingerprint density at radius 3 is 2.67 bits per heavy atom. The average molecular weight is 366 g/mol. The third-order valence-corrected chi connectivity index (χ3v) is 6.47. The van der Waals surface area contributed by atoms with E-state index in [1.54, 1.807) is 0 Å². The molecule has 24 heavy (non-hydrogen) atoms. The Morgan fingerprint density at radius 2 is 2.08 bits per heavy atom. The average Bonchev–Trinajstić information content (AvgIpc) is 3.02. The fourth-order valence-corrected chi connectivity index (χ4v) is 5.23. The molecule has 1 aliphatic rings. The lowest BCUT2D eigenvalue weighted by molar-refractivity contribution is -0.114. The zero-order valence-electron chi connectivity index (χ0n) is 13.1. The molecule has 3 N–H and O–H groups in total. The van der Waals surface area contributed by atoms with E-state index in [2.05, 4.69) is 10.4 Å². The standard InChI is InChI=1S/C15H18N4O3S2/c1-10(20)17-13-14(16)19(11-7-8-24(21,22)9-11)18-15(13)23-12-5-3-2-4-6-12/h2-6,11H,7-9,16H2,1H3,(H,17,20). The van der Waals surface area contributed by atoms with Gasteiger partial charge in [0.2, 0.25) is 5.91 Å². The highest BCUT2D eigenvalue weighted by atomic mass is 32.2. The van der Waals surface area contributed by atoms with Gasteiger partial charge in [-0.2, -0.15) is 5.10 Å². The number of carbonyl (C=O) groups is 1. The Bertz CT molecular complexity index is 862. The summed E-state index contributed by atoms with van der Waals surface area (Å²) in [4.78, 5) is 12.4. The topological polar surface area (TPSA) is 107 Å². The summed E-state index contributed by atoms with van der Waals surface area (Å²) in [6, 6.07) is 9.28. The lowest BCUT2D eigenvalue weighted by Crippen LogP contribution is -2.15. The van der Waals surface area contributed by atoms with Crippen LogP contribution in [-0.4, -0.2) is 35.6 Å². The number of benzene rings is 1. The fourth-order valence-electron chi connectivity index (χ4n) is 2.64. The number of nitrogen functional groups attached to an aromatic ring is 1. The molecule has 1 fully saturated rings. The molecule has 128 valence electrons. The van der Waals surface area contributed by atoms with Crippen LogP contribution in [0.4, 0.5) is 11.5 Å². The first kappa shape index (κ1) is 16.8. The molecule has 1 aromatic heterocycles. The van der Waals surface area contributed by atoms with E-state index < -0.39 is 9.84 Å². The van der Waals surface area contributed by atoms with Crippen molar-refractivity contribution in [1.82, 2.24) is 9.78 Å². The number of hydrogen-bond donors (Lipinski definition) is 2. The van der Waals surface area contributed by atoms with Crippen LogP contribution in [0.15, 0.2) is 40.3 Å². The van der Waals surface area contributed by atoms with Crippen molar-refractivity contribution < 1.29 is 13.2 Å². The number of amides is 1. The minimum Gasteiger partial charge on any atom is -0.382 e. The van der Waals surface area contributed by atoms with Crippen molar-refractivity contribution in [2.24, 2.45) is 0 Å². The van der Waals surface area contributed by atoms with Gasteiger partial charge in [0.1, 0.15) is 16.5 Å². The summed E-state index contributed by atoms with van der Waals surface area (Å²) < 4.78 is 25.0. The molecule has 1 aromatic carbocycles. The van der Waals surface area contributed by atoms with Gasteiger partial charge in [-0.05, 0) is 18.6 Å². The van der Waals surface area contributed by atoms with Gasteiger partial charge in [0.25, 0.3) is 0 Å². The minimum atomic E-state index is -3.06. The van der Waals surface area contributed by atoms with Crippen LogP contribution in [0.5, 0.6) is 0 Å². The maximum absolute atomic E-state index is 11.7. The third kappa shape index (κ3) is 3.57. The van der Waals surface area contributed by atoms with E-state index in [9.17, 15) is 13.2 Å². The molecule has 0 bridgehead atoms. The Morgan fingerprint density at radius 1 is 1.38 bits per heavy atom. The first-order valence-electron chi connectivity index (χ1n) is 7.44. The molecule has 2 aromatic rings. The van der Waals surface area contributed by atoms with Crippen molar-refractivity contribution >= 4 is 39.0 Å². The molecule has 2 heterocycles. The van der Waals surface area contributed by atoms with Gasteiger partial charge in [0.05, 0.1) is 17.5 Å². The monoisotopic (exact) mass is 366 g/mol. The molecule has 9 heteroatoms. The zero-order chi connectivity index (χ0) is 17.3. The summed E-state index contributed by atoms with van der Waals surface area (Å²) >= 11 is 1.37. The number of aromatic nitrogens is 2. The molecule has 1 unspecified atom stereocenters. The quantitative estimate of drug-likeness (QED) is 0.856. The maximum atomic E-state index is 11.7. The van der Waals surface area contributed by atoms with Crippen molar-refractivity contribution in [3.05, 3.63) is 30.3 Å². The summed E-state index contributed by atoms with van der Waals surface area (Å²) in [7, 11) is -3.06. The van der Waals surface area contributed by atoms with Crippen molar-refractivity contribution in [2.45, 2.75) is 29.3 Å². The van der Waals surface area contributed by atoms with Crippen molar-refractivity contribution in [2.75, 3.05) is 22.6 Å². The molecule has 1 amide bonds. The predicted molar refractivity (Wildman–Crippen MR) is 93.8 cm³/mol. The van der Waals surface area contributed by atoms with E-state index in [4.69, 9.17) is 5.73 Å². The highest BCUT2D eigenvalue weighted by molar-refractivity contribution is 7.99. The Balaban J connectivity index is 1.97. The second-order valence-corrected chi connectivity index (χ2v) is 8.95. The first-order chi connectivity index (χ1) is 11.4. The molecule has 0 aliphatic carbocycles. The van der Waals surface area contributed by atoms with Crippen LogP contribution < -0.4 is 11.1 Å². The largest absolute Gasteiger partial charge is 0.382 e. The fraction of sp³-hybridized carbons (Fsp3) is 0.333. The summed E-state index contributed by atoms with van der Waals surface area (Å²) in [5.74, 6) is 0.183. The third-order valence-electron chi connectivity index (χ3n) is 3.73. The minimum absolute atomic E-state index is 0.0217. The van der Waals surface area contributed by atoms with Gasteiger partial charge in [-0.25, -0.2) is 13.1 Å². The molecule has 3 rings (SSSR count).